The SMILES string of the molecule is CCOc1ccccc1/C=N/C(C)c1cccc(Cl)c1Cl. The number of ether oxygens (including phenoxy) is 1. The summed E-state index contributed by atoms with van der Waals surface area (Å²) in [5, 5.41) is 1.10. The molecule has 1 atom stereocenters. The van der Waals surface area contributed by atoms with Crippen molar-refractivity contribution in [3.8, 4) is 5.75 Å². The first-order valence-corrected chi connectivity index (χ1v) is 7.58. The van der Waals surface area contributed by atoms with Crippen LogP contribution in [-0.2, 0) is 0 Å². The summed E-state index contributed by atoms with van der Waals surface area (Å²) < 4.78 is 5.58. The van der Waals surface area contributed by atoms with Crippen molar-refractivity contribution in [1.29, 1.82) is 0 Å². The molecule has 1 unspecified atom stereocenters. The molecule has 0 bridgehead atoms. The number of aliphatic imine (C=N–C) groups is 1. The molecule has 0 N–H and O–H groups in total. The molecule has 110 valence electrons. The predicted molar refractivity (Wildman–Crippen MR) is 90.1 cm³/mol. The molecule has 0 saturated heterocycles. The van der Waals surface area contributed by atoms with Crippen molar-refractivity contribution < 1.29 is 4.74 Å². The Morgan fingerprint density at radius 2 is 1.90 bits per heavy atom. The van der Waals surface area contributed by atoms with Gasteiger partial charge in [-0.1, -0.05) is 47.5 Å². The molecule has 0 spiro atoms. The molecule has 0 aliphatic rings. The molecular weight excluding hydrogens is 305 g/mol. The third kappa shape index (κ3) is 3.99. The summed E-state index contributed by atoms with van der Waals surface area (Å²) in [6, 6.07) is 13.3. The molecule has 0 fully saturated rings. The summed E-state index contributed by atoms with van der Waals surface area (Å²) in [6.45, 7) is 4.57. The van der Waals surface area contributed by atoms with Crippen LogP contribution in [0.15, 0.2) is 47.5 Å². The number of hydrogen-bond donors (Lipinski definition) is 0. The van der Waals surface area contributed by atoms with E-state index in [2.05, 4.69) is 4.99 Å². The molecule has 0 aromatic heterocycles. The summed E-state index contributed by atoms with van der Waals surface area (Å²) in [5.41, 5.74) is 1.86. The van der Waals surface area contributed by atoms with E-state index in [-0.39, 0.29) is 6.04 Å². The van der Waals surface area contributed by atoms with Gasteiger partial charge in [-0.2, -0.15) is 0 Å². The van der Waals surface area contributed by atoms with Crippen molar-refractivity contribution in [2.24, 2.45) is 4.99 Å². The highest BCUT2D eigenvalue weighted by molar-refractivity contribution is 6.42. The van der Waals surface area contributed by atoms with Crippen molar-refractivity contribution in [2.75, 3.05) is 6.61 Å². The molecule has 2 aromatic carbocycles. The van der Waals surface area contributed by atoms with Crippen LogP contribution in [0.25, 0.3) is 0 Å². The molecule has 0 aliphatic carbocycles. The fourth-order valence-corrected chi connectivity index (χ4v) is 2.46. The van der Waals surface area contributed by atoms with Crippen LogP contribution in [0.5, 0.6) is 5.75 Å². The molecule has 21 heavy (non-hydrogen) atoms. The van der Waals surface area contributed by atoms with E-state index in [1.54, 1.807) is 6.07 Å². The number of rotatable bonds is 5. The first kappa shape index (κ1) is 15.9. The highest BCUT2D eigenvalue weighted by atomic mass is 35.5. The Bertz CT molecular complexity index is 640. The van der Waals surface area contributed by atoms with Crippen LogP contribution in [0.4, 0.5) is 0 Å². The maximum atomic E-state index is 6.22. The van der Waals surface area contributed by atoms with Gasteiger partial charge in [0.15, 0.2) is 0 Å². The molecule has 0 saturated carbocycles. The first-order valence-electron chi connectivity index (χ1n) is 6.82. The minimum atomic E-state index is -0.0779. The zero-order chi connectivity index (χ0) is 15.2. The minimum absolute atomic E-state index is 0.0779. The second-order valence-electron chi connectivity index (χ2n) is 4.57. The Hall–Kier alpha value is -1.51. The van der Waals surface area contributed by atoms with Crippen molar-refractivity contribution in [1.82, 2.24) is 0 Å². The molecule has 2 aromatic rings. The van der Waals surface area contributed by atoms with Gasteiger partial charge in [0, 0.05) is 11.8 Å². The molecule has 0 radical (unpaired) electrons. The van der Waals surface area contributed by atoms with E-state index in [9.17, 15) is 0 Å². The van der Waals surface area contributed by atoms with E-state index in [1.165, 1.54) is 0 Å². The van der Waals surface area contributed by atoms with Gasteiger partial charge in [0.1, 0.15) is 5.75 Å². The summed E-state index contributed by atoms with van der Waals surface area (Å²) in [7, 11) is 0. The smallest absolute Gasteiger partial charge is 0.128 e. The number of hydrogen-bond acceptors (Lipinski definition) is 2. The summed E-state index contributed by atoms with van der Waals surface area (Å²) in [4.78, 5) is 4.56. The lowest BCUT2D eigenvalue weighted by atomic mass is 10.1. The van der Waals surface area contributed by atoms with Crippen LogP contribution >= 0.6 is 23.2 Å². The van der Waals surface area contributed by atoms with Crippen LogP contribution in [0.1, 0.15) is 31.0 Å². The number of benzene rings is 2. The molecule has 0 amide bonds. The van der Waals surface area contributed by atoms with Gasteiger partial charge in [-0.25, -0.2) is 0 Å². The summed E-state index contributed by atoms with van der Waals surface area (Å²) >= 11 is 12.3. The Morgan fingerprint density at radius 1 is 1.14 bits per heavy atom. The van der Waals surface area contributed by atoms with Crippen molar-refractivity contribution in [2.45, 2.75) is 19.9 Å². The summed E-state index contributed by atoms with van der Waals surface area (Å²) in [6.07, 6.45) is 1.81. The normalized spacial score (nSPS) is 12.6. The van der Waals surface area contributed by atoms with E-state index in [0.717, 1.165) is 16.9 Å². The lowest BCUT2D eigenvalue weighted by molar-refractivity contribution is 0.340. The van der Waals surface area contributed by atoms with Crippen molar-refractivity contribution >= 4 is 29.4 Å². The van der Waals surface area contributed by atoms with Gasteiger partial charge in [0.2, 0.25) is 0 Å². The van der Waals surface area contributed by atoms with Crippen LogP contribution in [-0.4, -0.2) is 12.8 Å². The third-order valence-electron chi connectivity index (χ3n) is 3.09. The van der Waals surface area contributed by atoms with Gasteiger partial charge in [-0.3, -0.25) is 4.99 Å². The Labute approximate surface area is 135 Å². The predicted octanol–water partition coefficient (Wildman–Crippen LogP) is 5.57. The average Bonchev–Trinajstić information content (AvgIpc) is 2.49. The molecular formula is C17H17Cl2NO. The van der Waals surface area contributed by atoms with Crippen LogP contribution in [0.3, 0.4) is 0 Å². The Balaban J connectivity index is 2.23. The molecule has 0 heterocycles. The van der Waals surface area contributed by atoms with Gasteiger partial charge < -0.3 is 4.74 Å². The van der Waals surface area contributed by atoms with E-state index in [0.29, 0.717) is 16.7 Å². The van der Waals surface area contributed by atoms with E-state index >= 15 is 0 Å². The second kappa shape index (κ2) is 7.48. The second-order valence-corrected chi connectivity index (χ2v) is 5.35. The number of para-hydroxylation sites is 1. The Morgan fingerprint density at radius 3 is 2.67 bits per heavy atom. The third-order valence-corrected chi connectivity index (χ3v) is 3.92. The topological polar surface area (TPSA) is 21.6 Å². The molecule has 2 rings (SSSR count). The van der Waals surface area contributed by atoms with Crippen molar-refractivity contribution in [3.63, 3.8) is 0 Å². The van der Waals surface area contributed by atoms with E-state index in [1.807, 2.05) is 56.5 Å². The van der Waals surface area contributed by atoms with Gasteiger partial charge in [-0.05, 0) is 37.6 Å². The van der Waals surface area contributed by atoms with Gasteiger partial charge >= 0.3 is 0 Å². The molecule has 2 nitrogen and oxygen atoms in total. The number of nitrogens with zero attached hydrogens (tertiary/aromatic N) is 1. The zero-order valence-electron chi connectivity index (χ0n) is 12.0. The van der Waals surface area contributed by atoms with Crippen molar-refractivity contribution in [3.05, 3.63) is 63.6 Å². The quantitative estimate of drug-likeness (QED) is 0.659. The van der Waals surface area contributed by atoms with E-state index in [4.69, 9.17) is 27.9 Å². The molecule has 4 heteroatoms. The van der Waals surface area contributed by atoms with Gasteiger partial charge in [0.05, 0.1) is 22.7 Å². The lowest BCUT2D eigenvalue weighted by Crippen LogP contribution is -1.97. The fraction of sp³-hybridized carbons (Fsp3) is 0.235. The maximum absolute atomic E-state index is 6.22. The zero-order valence-corrected chi connectivity index (χ0v) is 13.5. The summed E-state index contributed by atoms with van der Waals surface area (Å²) in [5.74, 6) is 0.827. The average molecular weight is 322 g/mol. The van der Waals surface area contributed by atoms with Crippen LogP contribution < -0.4 is 4.74 Å². The van der Waals surface area contributed by atoms with E-state index < -0.39 is 0 Å². The highest BCUT2D eigenvalue weighted by Crippen LogP contribution is 2.31. The van der Waals surface area contributed by atoms with Crippen LogP contribution in [0.2, 0.25) is 10.0 Å². The monoisotopic (exact) mass is 321 g/mol. The largest absolute Gasteiger partial charge is 0.493 e. The van der Waals surface area contributed by atoms with Crippen LogP contribution in [0, 0.1) is 0 Å². The number of halogens is 2. The van der Waals surface area contributed by atoms with Gasteiger partial charge in [-0.15, -0.1) is 0 Å². The lowest BCUT2D eigenvalue weighted by Gasteiger charge is -2.11. The minimum Gasteiger partial charge on any atom is -0.493 e. The maximum Gasteiger partial charge on any atom is 0.128 e. The fourth-order valence-electron chi connectivity index (χ4n) is 1.99. The highest BCUT2D eigenvalue weighted by Gasteiger charge is 2.10. The first-order chi connectivity index (χ1) is 10.1. The molecule has 0 aliphatic heterocycles. The standard InChI is InChI=1S/C17H17Cl2NO/c1-3-21-16-10-5-4-7-13(16)11-20-12(2)14-8-6-9-15(18)17(14)19/h4-12H,3H2,1-2H3/b20-11+. The van der Waals surface area contributed by atoms with Gasteiger partial charge in [0.25, 0.3) is 0 Å². The Kier molecular flexibility index (Phi) is 5.66.